The fraction of sp³-hybridized carbons (Fsp3) is 0.406. The summed E-state index contributed by atoms with van der Waals surface area (Å²) >= 11 is 7.84. The molecule has 3 rings (SSSR count). The van der Waals surface area contributed by atoms with Crippen LogP contribution in [0.25, 0.3) is 17.3 Å². The topological polar surface area (TPSA) is 86.8 Å². The van der Waals surface area contributed by atoms with E-state index in [0.29, 0.717) is 44.9 Å². The third-order valence-corrected chi connectivity index (χ3v) is 7.44. The molecule has 0 radical (unpaired) electrons. The summed E-state index contributed by atoms with van der Waals surface area (Å²) in [6.45, 7) is 14.7. The number of amides is 1. The second-order valence-corrected chi connectivity index (χ2v) is 12.0. The number of aromatic nitrogens is 1. The molecule has 1 atom stereocenters. The minimum atomic E-state index is -0.408. The molecule has 3 aromatic rings. The Morgan fingerprint density at radius 2 is 1.93 bits per heavy atom. The third-order valence-electron chi connectivity index (χ3n) is 6.36. The minimum Gasteiger partial charge on any atom is -0.496 e. The quantitative estimate of drug-likeness (QED) is 0.176. The molecule has 0 unspecified atom stereocenters. The van der Waals surface area contributed by atoms with E-state index >= 15 is 0 Å². The predicted octanol–water partition coefficient (Wildman–Crippen LogP) is 8.51. The van der Waals surface area contributed by atoms with Crippen LogP contribution in [0.3, 0.4) is 0 Å². The number of halogens is 1. The molecule has 1 N–H and O–H groups in total. The van der Waals surface area contributed by atoms with Crippen LogP contribution in [0.5, 0.6) is 5.75 Å². The van der Waals surface area contributed by atoms with Gasteiger partial charge in [0.15, 0.2) is 5.13 Å². The van der Waals surface area contributed by atoms with Crippen LogP contribution in [-0.2, 0) is 14.3 Å². The number of carbonyl (C=O) groups is 2. The second kappa shape index (κ2) is 14.1. The molecule has 0 saturated carbocycles. The number of rotatable bonds is 11. The molecule has 2 aromatic carbocycles. The van der Waals surface area contributed by atoms with E-state index in [1.807, 2.05) is 30.5 Å². The van der Waals surface area contributed by atoms with Crippen molar-refractivity contribution in [1.82, 2.24) is 4.98 Å². The van der Waals surface area contributed by atoms with Crippen LogP contribution in [0.15, 0.2) is 41.3 Å². The molecule has 0 bridgehead atoms. The van der Waals surface area contributed by atoms with E-state index in [1.165, 1.54) is 11.3 Å². The Morgan fingerprint density at radius 1 is 1.20 bits per heavy atom. The summed E-state index contributed by atoms with van der Waals surface area (Å²) in [5.74, 6) is -0.0418. The van der Waals surface area contributed by atoms with Crippen molar-refractivity contribution in [2.24, 2.45) is 5.41 Å². The van der Waals surface area contributed by atoms with Crippen molar-refractivity contribution in [3.8, 4) is 17.0 Å². The van der Waals surface area contributed by atoms with Crippen LogP contribution in [0.1, 0.15) is 81.1 Å². The van der Waals surface area contributed by atoms with Crippen LogP contribution in [0.2, 0.25) is 5.02 Å². The molecule has 1 amide bonds. The fourth-order valence-electron chi connectivity index (χ4n) is 4.45. The average molecular weight is 599 g/mol. The largest absolute Gasteiger partial charge is 0.496 e. The summed E-state index contributed by atoms with van der Waals surface area (Å²) < 4.78 is 17.2. The highest BCUT2D eigenvalue weighted by Gasteiger charge is 2.31. The number of nitrogens with one attached hydrogen (secondary N) is 1. The SMILES string of the molecule is CCCO[C@H](c1cccc(-c2csc(NC(=O)c3cc(C)c(/C=C(\C)C(=O)OCC)c(Cl)c3)n2)c1OC)C(C)(C)C. The van der Waals surface area contributed by atoms with Gasteiger partial charge in [0, 0.05) is 39.3 Å². The van der Waals surface area contributed by atoms with Gasteiger partial charge in [-0.25, -0.2) is 9.78 Å². The van der Waals surface area contributed by atoms with Gasteiger partial charge in [0.05, 0.1) is 25.5 Å². The Balaban J connectivity index is 1.87. The standard InChI is InChI=1S/C32H39ClN2O5S/c1-9-14-40-28(32(5,6)7)23-13-11-12-22(27(23)38-8)26-18-41-31(34-26)35-29(36)21-15-19(3)24(25(33)17-21)16-20(4)30(37)39-10-2/h11-13,15-18,28H,9-10,14H2,1-8H3,(H,34,35,36)/b20-16+/t28-/m1/s1. The van der Waals surface area contributed by atoms with Gasteiger partial charge in [-0.05, 0) is 68.0 Å². The van der Waals surface area contributed by atoms with Gasteiger partial charge in [0.2, 0.25) is 0 Å². The smallest absolute Gasteiger partial charge is 0.333 e. The lowest BCUT2D eigenvalue weighted by molar-refractivity contribution is -0.138. The molecule has 0 fully saturated rings. The van der Waals surface area contributed by atoms with Crippen molar-refractivity contribution >= 4 is 46.0 Å². The van der Waals surface area contributed by atoms with Crippen LogP contribution in [0.4, 0.5) is 5.13 Å². The first kappa shape index (κ1) is 32.3. The third kappa shape index (κ3) is 7.97. The summed E-state index contributed by atoms with van der Waals surface area (Å²) in [4.78, 5) is 29.8. The molecule has 41 heavy (non-hydrogen) atoms. The zero-order valence-electron chi connectivity index (χ0n) is 25.0. The van der Waals surface area contributed by atoms with Gasteiger partial charge >= 0.3 is 5.97 Å². The Labute approximate surface area is 251 Å². The first-order chi connectivity index (χ1) is 19.4. The maximum Gasteiger partial charge on any atom is 0.333 e. The number of benzene rings is 2. The number of carbonyl (C=O) groups excluding carboxylic acids is 2. The van der Waals surface area contributed by atoms with Crippen LogP contribution < -0.4 is 10.1 Å². The van der Waals surface area contributed by atoms with Crippen LogP contribution in [-0.4, -0.2) is 37.2 Å². The maximum atomic E-state index is 13.1. The zero-order valence-corrected chi connectivity index (χ0v) is 26.6. The first-order valence-corrected chi connectivity index (χ1v) is 14.9. The van der Waals surface area contributed by atoms with E-state index in [9.17, 15) is 9.59 Å². The van der Waals surface area contributed by atoms with E-state index in [1.54, 1.807) is 39.2 Å². The van der Waals surface area contributed by atoms with Gasteiger partial charge in [-0.15, -0.1) is 11.3 Å². The molecule has 0 spiro atoms. The minimum absolute atomic E-state index is 0.148. The normalized spacial score (nSPS) is 12.7. The lowest BCUT2D eigenvalue weighted by atomic mass is 9.83. The number of aryl methyl sites for hydroxylation is 1. The maximum absolute atomic E-state index is 13.1. The summed E-state index contributed by atoms with van der Waals surface area (Å²) in [6, 6.07) is 9.27. The summed E-state index contributed by atoms with van der Waals surface area (Å²) in [5.41, 5.74) is 4.55. The molecule has 0 aliphatic heterocycles. The number of ether oxygens (including phenoxy) is 3. The lowest BCUT2D eigenvalue weighted by Crippen LogP contribution is -2.22. The van der Waals surface area contributed by atoms with E-state index in [4.69, 9.17) is 25.8 Å². The molecular formula is C32H39ClN2O5S. The first-order valence-electron chi connectivity index (χ1n) is 13.6. The monoisotopic (exact) mass is 598 g/mol. The Bertz CT molecular complexity index is 1400. The van der Waals surface area contributed by atoms with Crippen molar-refractivity contribution in [2.75, 3.05) is 25.6 Å². The molecule has 0 aliphatic carbocycles. The van der Waals surface area contributed by atoms with Crippen molar-refractivity contribution < 1.29 is 23.8 Å². The van der Waals surface area contributed by atoms with Crippen molar-refractivity contribution in [3.05, 3.63) is 68.6 Å². The van der Waals surface area contributed by atoms with Crippen molar-refractivity contribution in [2.45, 2.75) is 61.0 Å². The molecule has 7 nitrogen and oxygen atoms in total. The van der Waals surface area contributed by atoms with Gasteiger partial charge in [-0.1, -0.05) is 51.4 Å². The molecular weight excluding hydrogens is 560 g/mol. The molecule has 0 saturated heterocycles. The number of hydrogen-bond donors (Lipinski definition) is 1. The molecule has 220 valence electrons. The second-order valence-electron chi connectivity index (χ2n) is 10.8. The number of thiazole rings is 1. The zero-order chi connectivity index (χ0) is 30.3. The Kier molecular flexibility index (Phi) is 11.1. The van der Waals surface area contributed by atoms with Gasteiger partial charge < -0.3 is 14.2 Å². The Morgan fingerprint density at radius 3 is 2.54 bits per heavy atom. The highest BCUT2D eigenvalue weighted by molar-refractivity contribution is 7.14. The van der Waals surface area contributed by atoms with Crippen LogP contribution in [0, 0.1) is 12.3 Å². The Hall–Kier alpha value is -3.20. The summed E-state index contributed by atoms with van der Waals surface area (Å²) in [5, 5.41) is 5.58. The number of esters is 1. The predicted molar refractivity (Wildman–Crippen MR) is 167 cm³/mol. The van der Waals surface area contributed by atoms with E-state index in [-0.39, 0.29) is 24.0 Å². The van der Waals surface area contributed by atoms with Crippen LogP contribution >= 0.6 is 22.9 Å². The summed E-state index contributed by atoms with van der Waals surface area (Å²) in [6.07, 6.45) is 2.42. The number of methoxy groups -OCH3 is 1. The van der Waals surface area contributed by atoms with Gasteiger partial charge in [0.25, 0.3) is 5.91 Å². The summed E-state index contributed by atoms with van der Waals surface area (Å²) in [7, 11) is 1.65. The highest BCUT2D eigenvalue weighted by Crippen LogP contribution is 2.44. The average Bonchev–Trinajstić information content (AvgIpc) is 3.38. The van der Waals surface area contributed by atoms with E-state index in [0.717, 1.165) is 23.1 Å². The van der Waals surface area contributed by atoms with E-state index < -0.39 is 5.97 Å². The molecule has 1 aromatic heterocycles. The lowest BCUT2D eigenvalue weighted by Gasteiger charge is -2.32. The fourth-order valence-corrected chi connectivity index (χ4v) is 5.47. The molecule has 0 aliphatic rings. The number of para-hydroxylation sites is 1. The van der Waals surface area contributed by atoms with E-state index in [2.05, 4.69) is 38.0 Å². The van der Waals surface area contributed by atoms with Gasteiger partial charge in [-0.2, -0.15) is 0 Å². The van der Waals surface area contributed by atoms with Crippen molar-refractivity contribution in [1.29, 1.82) is 0 Å². The van der Waals surface area contributed by atoms with Gasteiger partial charge in [-0.3, -0.25) is 10.1 Å². The molecule has 1 heterocycles. The number of nitrogens with zero attached hydrogens (tertiary/aromatic N) is 1. The van der Waals surface area contributed by atoms with Crippen molar-refractivity contribution in [3.63, 3.8) is 0 Å². The number of anilines is 1. The molecule has 9 heteroatoms. The number of hydrogen-bond acceptors (Lipinski definition) is 7. The van der Waals surface area contributed by atoms with Gasteiger partial charge in [0.1, 0.15) is 5.75 Å². The highest BCUT2D eigenvalue weighted by atomic mass is 35.5.